The van der Waals surface area contributed by atoms with E-state index in [-0.39, 0.29) is 0 Å². The Morgan fingerprint density at radius 2 is 1.50 bits per heavy atom. The van der Waals surface area contributed by atoms with Crippen molar-refractivity contribution in [3.05, 3.63) is 65.3 Å². The van der Waals surface area contributed by atoms with Crippen LogP contribution in [-0.4, -0.2) is 63.2 Å². The zero-order valence-electron chi connectivity index (χ0n) is 16.1. The normalized spacial score (nSPS) is 14.1. The predicted octanol–water partition coefficient (Wildman–Crippen LogP) is 2.76. The summed E-state index contributed by atoms with van der Waals surface area (Å²) >= 11 is 5.95. The lowest BCUT2D eigenvalue weighted by molar-refractivity contribution is -0.159. The van der Waals surface area contributed by atoms with Gasteiger partial charge in [0.05, 0.1) is 17.2 Å². The van der Waals surface area contributed by atoms with Crippen molar-refractivity contribution in [2.75, 3.05) is 31.1 Å². The Balaban J connectivity index is 0.000000377. The molecule has 1 saturated heterocycles. The van der Waals surface area contributed by atoms with E-state index in [2.05, 4.69) is 26.9 Å². The van der Waals surface area contributed by atoms with Crippen molar-refractivity contribution in [3.63, 3.8) is 0 Å². The highest BCUT2D eigenvalue weighted by molar-refractivity contribution is 6.30. The summed E-state index contributed by atoms with van der Waals surface area (Å²) in [6.07, 6.45) is 1.89. The second-order valence-electron chi connectivity index (χ2n) is 6.72. The zero-order valence-corrected chi connectivity index (χ0v) is 16.9. The average Bonchev–Trinajstić information content (AvgIpc) is 2.76. The van der Waals surface area contributed by atoms with Crippen LogP contribution in [0.4, 0.5) is 5.82 Å². The molecule has 2 heterocycles. The number of hydrogen-bond donors (Lipinski definition) is 2. The van der Waals surface area contributed by atoms with Gasteiger partial charge in [0, 0.05) is 37.7 Å². The lowest BCUT2D eigenvalue weighted by Gasteiger charge is -2.35. The molecule has 9 heteroatoms. The summed E-state index contributed by atoms with van der Waals surface area (Å²) in [4.78, 5) is 32.3. The summed E-state index contributed by atoms with van der Waals surface area (Å²) in [5.74, 6) is -2.68. The van der Waals surface area contributed by atoms with Crippen LogP contribution in [0, 0.1) is 0 Å². The van der Waals surface area contributed by atoms with Crippen LogP contribution in [0.3, 0.4) is 0 Å². The van der Waals surface area contributed by atoms with Crippen LogP contribution in [0.5, 0.6) is 0 Å². The van der Waals surface area contributed by atoms with E-state index in [0.29, 0.717) is 0 Å². The van der Waals surface area contributed by atoms with E-state index in [1.165, 1.54) is 5.56 Å². The van der Waals surface area contributed by atoms with E-state index in [9.17, 15) is 0 Å². The number of aliphatic carboxylic acids is 2. The molecule has 1 aromatic heterocycles. The average molecular weight is 429 g/mol. The Hall–Kier alpha value is -3.23. The number of carboxylic acids is 2. The SMILES string of the molecule is Clc1ccc(CN2CCN(c3cnc4ccccc4n3)CC2)cc1.O=C(O)C(=O)O. The standard InChI is InChI=1S/C19H19ClN4.C2H2O4/c20-16-7-5-15(6-8-16)14-23-9-11-24(12-10-23)19-13-21-17-3-1-2-4-18(17)22-19;3-1(4)2(5)6/h1-8,13H,9-12,14H2;(H,3,4)(H,5,6). The third-order valence-corrected chi connectivity index (χ3v) is 4.89. The third-order valence-electron chi connectivity index (χ3n) is 4.63. The Morgan fingerprint density at radius 1 is 0.900 bits per heavy atom. The van der Waals surface area contributed by atoms with Crippen LogP contribution in [0.25, 0.3) is 11.0 Å². The summed E-state index contributed by atoms with van der Waals surface area (Å²) < 4.78 is 0. The minimum Gasteiger partial charge on any atom is -0.473 e. The maximum absolute atomic E-state index is 9.10. The number of carbonyl (C=O) groups is 2. The van der Waals surface area contributed by atoms with Gasteiger partial charge >= 0.3 is 11.9 Å². The number of halogens is 1. The number of hydrogen-bond acceptors (Lipinski definition) is 6. The van der Waals surface area contributed by atoms with Gasteiger partial charge < -0.3 is 15.1 Å². The minimum absolute atomic E-state index is 0.790. The topological polar surface area (TPSA) is 107 Å². The summed E-state index contributed by atoms with van der Waals surface area (Å²) in [7, 11) is 0. The molecule has 0 spiro atoms. The summed E-state index contributed by atoms with van der Waals surface area (Å²) in [6.45, 7) is 4.96. The molecule has 0 unspecified atom stereocenters. The number of anilines is 1. The minimum atomic E-state index is -1.82. The first-order chi connectivity index (χ1) is 14.4. The van der Waals surface area contributed by atoms with Crippen LogP contribution < -0.4 is 4.90 Å². The van der Waals surface area contributed by atoms with E-state index in [4.69, 9.17) is 36.4 Å². The lowest BCUT2D eigenvalue weighted by atomic mass is 10.2. The smallest absolute Gasteiger partial charge is 0.414 e. The maximum atomic E-state index is 9.10. The molecule has 1 aliphatic heterocycles. The molecule has 2 N–H and O–H groups in total. The fraction of sp³-hybridized carbons (Fsp3) is 0.238. The summed E-state index contributed by atoms with van der Waals surface area (Å²) in [6, 6.07) is 16.1. The molecule has 0 bridgehead atoms. The Kier molecular flexibility index (Phi) is 7.16. The molecule has 0 atom stereocenters. The number of benzene rings is 2. The number of rotatable bonds is 3. The van der Waals surface area contributed by atoms with Crippen molar-refractivity contribution in [3.8, 4) is 0 Å². The molecular formula is C21H21ClN4O4. The number of nitrogens with zero attached hydrogens (tertiary/aromatic N) is 4. The Labute approximate surface area is 178 Å². The van der Waals surface area contributed by atoms with Crippen molar-refractivity contribution in [1.82, 2.24) is 14.9 Å². The van der Waals surface area contributed by atoms with Crippen LogP contribution in [0.1, 0.15) is 5.56 Å². The molecule has 0 radical (unpaired) electrons. The largest absolute Gasteiger partial charge is 0.473 e. The molecule has 0 aliphatic carbocycles. The number of aromatic nitrogens is 2. The first-order valence-electron chi connectivity index (χ1n) is 9.32. The summed E-state index contributed by atoms with van der Waals surface area (Å²) in [5.41, 5.74) is 3.21. The summed E-state index contributed by atoms with van der Waals surface area (Å²) in [5, 5.41) is 15.6. The van der Waals surface area contributed by atoms with Gasteiger partial charge in [0.25, 0.3) is 0 Å². The van der Waals surface area contributed by atoms with Crippen LogP contribution in [0.15, 0.2) is 54.7 Å². The predicted molar refractivity (Wildman–Crippen MR) is 114 cm³/mol. The number of carboxylic acid groups (broad SMARTS) is 2. The lowest BCUT2D eigenvalue weighted by Crippen LogP contribution is -2.46. The van der Waals surface area contributed by atoms with Gasteiger partial charge in [-0.3, -0.25) is 9.88 Å². The molecule has 4 rings (SSSR count). The second kappa shape index (κ2) is 10.00. The van der Waals surface area contributed by atoms with E-state index in [1.54, 1.807) is 0 Å². The van der Waals surface area contributed by atoms with Gasteiger partial charge in [-0.25, -0.2) is 14.6 Å². The van der Waals surface area contributed by atoms with Gasteiger partial charge in [-0.15, -0.1) is 0 Å². The van der Waals surface area contributed by atoms with Gasteiger partial charge in [0.2, 0.25) is 0 Å². The molecule has 1 fully saturated rings. The van der Waals surface area contributed by atoms with Crippen molar-refractivity contribution in [2.45, 2.75) is 6.54 Å². The molecule has 30 heavy (non-hydrogen) atoms. The molecule has 0 saturated carbocycles. The Morgan fingerprint density at radius 3 is 2.10 bits per heavy atom. The van der Waals surface area contributed by atoms with Gasteiger partial charge in [-0.1, -0.05) is 35.9 Å². The molecular weight excluding hydrogens is 408 g/mol. The van der Waals surface area contributed by atoms with Crippen molar-refractivity contribution in [2.24, 2.45) is 0 Å². The highest BCUT2D eigenvalue weighted by Gasteiger charge is 2.18. The molecule has 1 aliphatic rings. The van der Waals surface area contributed by atoms with Crippen LogP contribution in [0.2, 0.25) is 5.02 Å². The van der Waals surface area contributed by atoms with Crippen LogP contribution in [-0.2, 0) is 16.1 Å². The second-order valence-corrected chi connectivity index (χ2v) is 7.15. The molecule has 3 aromatic rings. The third kappa shape index (κ3) is 5.88. The maximum Gasteiger partial charge on any atom is 0.414 e. The van der Waals surface area contributed by atoms with Crippen molar-refractivity contribution >= 4 is 40.4 Å². The van der Waals surface area contributed by atoms with Gasteiger partial charge in [0.1, 0.15) is 5.82 Å². The monoisotopic (exact) mass is 428 g/mol. The Bertz CT molecular complexity index is 1010. The van der Waals surface area contributed by atoms with Gasteiger partial charge in [-0.05, 0) is 29.8 Å². The molecule has 2 aromatic carbocycles. The molecule has 0 amide bonds. The van der Waals surface area contributed by atoms with Crippen molar-refractivity contribution in [1.29, 1.82) is 0 Å². The van der Waals surface area contributed by atoms with Gasteiger partial charge in [-0.2, -0.15) is 0 Å². The van der Waals surface area contributed by atoms with Gasteiger partial charge in [0.15, 0.2) is 0 Å². The first kappa shape index (κ1) is 21.5. The van der Waals surface area contributed by atoms with Crippen LogP contribution >= 0.6 is 11.6 Å². The van der Waals surface area contributed by atoms with E-state index in [0.717, 1.165) is 54.6 Å². The first-order valence-corrected chi connectivity index (χ1v) is 9.70. The molecule has 156 valence electrons. The van der Waals surface area contributed by atoms with E-state index >= 15 is 0 Å². The molecule has 8 nitrogen and oxygen atoms in total. The quantitative estimate of drug-likeness (QED) is 0.613. The zero-order chi connectivity index (χ0) is 21.5. The fourth-order valence-electron chi connectivity index (χ4n) is 3.08. The number of fused-ring (bicyclic) bond motifs is 1. The highest BCUT2D eigenvalue weighted by atomic mass is 35.5. The number of para-hydroxylation sites is 2. The highest BCUT2D eigenvalue weighted by Crippen LogP contribution is 2.18. The number of piperazine rings is 1. The van der Waals surface area contributed by atoms with E-state index in [1.807, 2.05) is 42.6 Å². The fourth-order valence-corrected chi connectivity index (χ4v) is 3.21. The van der Waals surface area contributed by atoms with E-state index < -0.39 is 11.9 Å². The van der Waals surface area contributed by atoms with Crippen molar-refractivity contribution < 1.29 is 19.8 Å².